The number of ether oxygens (including phenoxy) is 6. The number of nitrogens with zero attached hydrogens (tertiary/aromatic N) is 2. The van der Waals surface area contributed by atoms with Gasteiger partial charge >= 0.3 is 0 Å². The zero-order chi connectivity index (χ0) is 39.7. The molecule has 0 aliphatic carbocycles. The van der Waals surface area contributed by atoms with Gasteiger partial charge in [0.25, 0.3) is 0 Å². The second-order valence-electron chi connectivity index (χ2n) is 17.3. The van der Waals surface area contributed by atoms with Gasteiger partial charge in [0.05, 0.1) is 41.7 Å². The van der Waals surface area contributed by atoms with Crippen LogP contribution < -0.4 is 0 Å². The lowest BCUT2D eigenvalue weighted by atomic mass is 9.77. The summed E-state index contributed by atoms with van der Waals surface area (Å²) in [7, 11) is 7.17. The molecule has 3 aliphatic rings. The van der Waals surface area contributed by atoms with Crippen LogP contribution in [0.25, 0.3) is 0 Å². The van der Waals surface area contributed by atoms with Crippen LogP contribution in [0, 0.1) is 17.8 Å². The highest BCUT2D eigenvalue weighted by Gasteiger charge is 2.52. The molecular weight excluding hydrogens is 676 g/mol. The van der Waals surface area contributed by atoms with E-state index >= 15 is 0 Å². The Hall–Kier alpha value is -0.560. The van der Waals surface area contributed by atoms with Crippen molar-refractivity contribution in [1.29, 1.82) is 0 Å². The molecule has 0 aromatic heterocycles. The summed E-state index contributed by atoms with van der Waals surface area (Å²) in [5.41, 5.74) is -4.26. The standard InChI is InChI=1S/C38H74N2O12/c1-15-27-38(10,46)31(42)24(6)40(13)19-20(2)17-36(8,45)33(52-35-29(41)26(39(11)12)16-21(3)48-35)22(4)30(23(5)34(44)50-27)51-28-18-37(9,47-14)32(43)25(7)49-28/h20-35,41-46H,15-19H2,1-14H3/t20-,21?,22+,23-,24-,25?,26?,27-,28+,29?,30+,31-,32+,33-,34?,35+,36-,37?,38-/m1/s1. The van der Waals surface area contributed by atoms with Gasteiger partial charge in [-0.25, -0.2) is 0 Å². The van der Waals surface area contributed by atoms with Crippen molar-refractivity contribution in [3.8, 4) is 0 Å². The van der Waals surface area contributed by atoms with E-state index in [-0.39, 0.29) is 37.3 Å². The summed E-state index contributed by atoms with van der Waals surface area (Å²) in [6.45, 7) is 18.4. The van der Waals surface area contributed by atoms with Crippen molar-refractivity contribution in [2.24, 2.45) is 17.8 Å². The third-order valence-electron chi connectivity index (χ3n) is 12.4. The maximum Gasteiger partial charge on any atom is 0.185 e. The Morgan fingerprint density at radius 3 is 2.02 bits per heavy atom. The van der Waals surface area contributed by atoms with E-state index in [0.29, 0.717) is 13.0 Å². The van der Waals surface area contributed by atoms with Gasteiger partial charge in [-0.3, -0.25) is 0 Å². The van der Waals surface area contributed by atoms with Crippen molar-refractivity contribution in [3.63, 3.8) is 0 Å². The van der Waals surface area contributed by atoms with E-state index in [4.69, 9.17) is 28.4 Å². The Bertz CT molecular complexity index is 1100. The van der Waals surface area contributed by atoms with Gasteiger partial charge in [-0.05, 0) is 87.9 Å². The molecule has 14 heteroatoms. The lowest BCUT2D eigenvalue weighted by molar-refractivity contribution is -0.326. The van der Waals surface area contributed by atoms with Gasteiger partial charge in [0.1, 0.15) is 23.9 Å². The van der Waals surface area contributed by atoms with E-state index in [1.807, 2.05) is 65.6 Å². The van der Waals surface area contributed by atoms with E-state index in [2.05, 4.69) is 0 Å². The Balaban J connectivity index is 2.17. The minimum atomic E-state index is -1.74. The van der Waals surface area contributed by atoms with E-state index in [0.717, 1.165) is 0 Å². The van der Waals surface area contributed by atoms with Gasteiger partial charge < -0.3 is 68.9 Å². The summed E-state index contributed by atoms with van der Waals surface area (Å²) < 4.78 is 37.9. The molecule has 6 unspecified atom stereocenters. The molecule has 0 aromatic carbocycles. The maximum atomic E-state index is 12.5. The van der Waals surface area contributed by atoms with Gasteiger partial charge in [-0.1, -0.05) is 27.7 Å². The van der Waals surface area contributed by atoms with E-state index in [9.17, 15) is 30.6 Å². The fourth-order valence-electron chi connectivity index (χ4n) is 8.87. The molecule has 308 valence electrons. The summed E-state index contributed by atoms with van der Waals surface area (Å²) in [4.78, 5) is 3.88. The molecule has 52 heavy (non-hydrogen) atoms. The number of rotatable bonds is 7. The molecule has 14 nitrogen and oxygen atoms in total. The molecule has 0 bridgehead atoms. The van der Waals surface area contributed by atoms with Crippen LogP contribution in [-0.2, 0) is 28.4 Å². The molecule has 19 atom stereocenters. The SMILES string of the molecule is CC[C@H]1OC(O)[C@H](C)[C@@H](O[C@H]2CC(C)(OC)[C@@H](O)C(C)O2)[C@H](C)[C@@H](O[C@@H]2OC(C)CC(N(C)C)C2O)[C@](C)(O)C[C@@H](C)CN(C)[C@H](C)[C@@H](O)[C@]1(C)O. The Kier molecular flexibility index (Phi) is 16.0. The monoisotopic (exact) mass is 751 g/mol. The number of hydrogen-bond acceptors (Lipinski definition) is 14. The highest BCUT2D eigenvalue weighted by Crippen LogP contribution is 2.40. The first-order valence-electron chi connectivity index (χ1n) is 19.3. The average molecular weight is 751 g/mol. The lowest BCUT2D eigenvalue weighted by Crippen LogP contribution is -2.60. The second-order valence-corrected chi connectivity index (χ2v) is 17.3. The number of hydrogen-bond donors (Lipinski definition) is 6. The molecule has 0 aromatic rings. The van der Waals surface area contributed by atoms with Crippen LogP contribution in [0.4, 0.5) is 0 Å². The third kappa shape index (κ3) is 10.2. The van der Waals surface area contributed by atoms with Gasteiger partial charge in [0.15, 0.2) is 18.9 Å². The van der Waals surface area contributed by atoms with Gasteiger partial charge in [-0.2, -0.15) is 0 Å². The molecule has 3 saturated heterocycles. The summed E-state index contributed by atoms with van der Waals surface area (Å²) in [6, 6.07) is -0.764. The summed E-state index contributed by atoms with van der Waals surface area (Å²) in [5, 5.41) is 70.1. The topological polar surface area (TPSA) is 183 Å². The molecule has 3 aliphatic heterocycles. The summed E-state index contributed by atoms with van der Waals surface area (Å²) >= 11 is 0. The van der Waals surface area contributed by atoms with Crippen LogP contribution in [0.1, 0.15) is 94.9 Å². The Morgan fingerprint density at radius 1 is 0.846 bits per heavy atom. The van der Waals surface area contributed by atoms with Crippen molar-refractivity contribution in [1.82, 2.24) is 9.80 Å². The molecule has 3 heterocycles. The first kappa shape index (κ1) is 45.8. The smallest absolute Gasteiger partial charge is 0.185 e. The third-order valence-corrected chi connectivity index (χ3v) is 12.4. The van der Waals surface area contributed by atoms with Crippen LogP contribution in [0.15, 0.2) is 0 Å². The predicted molar refractivity (Wildman–Crippen MR) is 195 cm³/mol. The number of aliphatic hydroxyl groups excluding tert-OH is 4. The van der Waals surface area contributed by atoms with Crippen LogP contribution in [-0.4, -0.2) is 172 Å². The molecule has 0 saturated carbocycles. The highest BCUT2D eigenvalue weighted by atomic mass is 16.7. The first-order valence-corrected chi connectivity index (χ1v) is 19.3. The first-order chi connectivity index (χ1) is 23.9. The fraction of sp³-hybridized carbons (Fsp3) is 1.00. The minimum absolute atomic E-state index is 0.124. The zero-order valence-corrected chi connectivity index (χ0v) is 34.3. The van der Waals surface area contributed by atoms with Crippen LogP contribution in [0.3, 0.4) is 0 Å². The lowest BCUT2D eigenvalue weighted by Gasteiger charge is -2.49. The van der Waals surface area contributed by atoms with E-state index < -0.39 is 96.3 Å². The molecule has 6 N–H and O–H groups in total. The van der Waals surface area contributed by atoms with E-state index in [1.54, 1.807) is 27.7 Å². The number of aliphatic hydroxyl groups is 6. The molecule has 3 fully saturated rings. The van der Waals surface area contributed by atoms with Crippen molar-refractivity contribution < 1.29 is 59.1 Å². The second kappa shape index (κ2) is 18.1. The Morgan fingerprint density at radius 2 is 1.46 bits per heavy atom. The quantitative estimate of drug-likeness (QED) is 0.221. The predicted octanol–water partition coefficient (Wildman–Crippen LogP) is 1.69. The van der Waals surface area contributed by atoms with Crippen molar-refractivity contribution in [2.75, 3.05) is 34.8 Å². The molecule has 3 rings (SSSR count). The maximum absolute atomic E-state index is 12.5. The van der Waals surface area contributed by atoms with Gasteiger partial charge in [0, 0.05) is 44.0 Å². The Labute approximate surface area is 312 Å². The average Bonchev–Trinajstić information content (AvgIpc) is 3.05. The van der Waals surface area contributed by atoms with Crippen LogP contribution >= 0.6 is 0 Å². The molecule has 0 amide bonds. The zero-order valence-electron chi connectivity index (χ0n) is 34.3. The van der Waals surface area contributed by atoms with Gasteiger partial charge in [0.2, 0.25) is 0 Å². The van der Waals surface area contributed by atoms with Crippen molar-refractivity contribution >= 4 is 0 Å². The molecule has 0 spiro atoms. The normalized spacial score (nSPS) is 51.2. The fourth-order valence-corrected chi connectivity index (χ4v) is 8.87. The number of methoxy groups -OCH3 is 1. The van der Waals surface area contributed by atoms with Crippen LogP contribution in [0.5, 0.6) is 0 Å². The molecule has 0 radical (unpaired) electrons. The highest BCUT2D eigenvalue weighted by molar-refractivity contribution is 4.99. The van der Waals surface area contributed by atoms with Crippen molar-refractivity contribution in [2.45, 2.75) is 192 Å². The van der Waals surface area contributed by atoms with Crippen molar-refractivity contribution in [3.05, 3.63) is 0 Å². The van der Waals surface area contributed by atoms with Gasteiger partial charge in [-0.15, -0.1) is 0 Å². The number of likely N-dealkylation sites (N-methyl/N-ethyl adjacent to an activating group) is 2. The minimum Gasteiger partial charge on any atom is -0.388 e. The summed E-state index contributed by atoms with van der Waals surface area (Å²) in [5.74, 6) is -1.62. The largest absolute Gasteiger partial charge is 0.388 e. The van der Waals surface area contributed by atoms with Crippen LogP contribution in [0.2, 0.25) is 0 Å². The van der Waals surface area contributed by atoms with E-state index in [1.165, 1.54) is 14.0 Å². The molecular formula is C38H74N2O12. The summed E-state index contributed by atoms with van der Waals surface area (Å²) in [6.07, 6.45) is -9.15.